The predicted molar refractivity (Wildman–Crippen MR) is 45.9 cm³/mol. The lowest BCUT2D eigenvalue weighted by molar-refractivity contribution is 0.611. The van der Waals surface area contributed by atoms with E-state index in [4.69, 9.17) is 11.5 Å². The normalized spacial score (nSPS) is 9.42. The van der Waals surface area contributed by atoms with E-state index >= 15 is 0 Å². The Morgan fingerprint density at radius 3 is 2.58 bits per heavy atom. The second-order valence-electron chi connectivity index (χ2n) is 2.33. The Kier molecular flexibility index (Phi) is 2.63. The Hall–Kier alpha value is -1.58. The first-order valence-electron chi connectivity index (χ1n) is 3.49. The molecule has 64 valence electrons. The molecule has 1 rings (SSSR count). The van der Waals surface area contributed by atoms with Crippen molar-refractivity contribution in [1.82, 2.24) is 0 Å². The van der Waals surface area contributed by atoms with Crippen LogP contribution in [-0.2, 0) is 6.54 Å². The van der Waals surface area contributed by atoms with E-state index in [1.54, 1.807) is 18.2 Å². The van der Waals surface area contributed by atoms with E-state index in [-0.39, 0.29) is 18.3 Å². The zero-order chi connectivity index (χ0) is 8.97. The van der Waals surface area contributed by atoms with Crippen molar-refractivity contribution >= 4 is 5.96 Å². The van der Waals surface area contributed by atoms with Crippen LogP contribution >= 0.6 is 0 Å². The molecule has 0 saturated carbocycles. The van der Waals surface area contributed by atoms with Crippen molar-refractivity contribution in [2.24, 2.45) is 16.5 Å². The van der Waals surface area contributed by atoms with Crippen LogP contribution in [0, 0.1) is 5.82 Å². The van der Waals surface area contributed by atoms with E-state index in [1.807, 2.05) is 0 Å². The van der Waals surface area contributed by atoms with Gasteiger partial charge in [0, 0.05) is 5.56 Å². The molecule has 0 aliphatic carbocycles. The van der Waals surface area contributed by atoms with E-state index < -0.39 is 0 Å². The third-order valence-corrected chi connectivity index (χ3v) is 1.39. The molecule has 0 atom stereocenters. The summed E-state index contributed by atoms with van der Waals surface area (Å²) < 4.78 is 12.9. The predicted octanol–water partition coefficient (Wildman–Crippen LogP) is 0.599. The van der Waals surface area contributed by atoms with Gasteiger partial charge in [-0.05, 0) is 6.07 Å². The molecular formula is C8H10FN3. The molecule has 0 heterocycles. The molecule has 0 saturated heterocycles. The van der Waals surface area contributed by atoms with E-state index in [9.17, 15) is 4.39 Å². The number of nitrogens with two attached hydrogens (primary N) is 2. The van der Waals surface area contributed by atoms with Crippen molar-refractivity contribution in [3.63, 3.8) is 0 Å². The van der Waals surface area contributed by atoms with Crippen LogP contribution in [0.2, 0.25) is 0 Å². The lowest BCUT2D eigenvalue weighted by Gasteiger charge is -1.97. The second kappa shape index (κ2) is 3.71. The van der Waals surface area contributed by atoms with Gasteiger partial charge in [-0.2, -0.15) is 0 Å². The fourth-order valence-corrected chi connectivity index (χ4v) is 0.803. The Labute approximate surface area is 69.9 Å². The molecule has 0 bridgehead atoms. The maximum absolute atomic E-state index is 12.9. The van der Waals surface area contributed by atoms with Gasteiger partial charge in [0.25, 0.3) is 0 Å². The number of hydrogen-bond donors (Lipinski definition) is 2. The highest BCUT2D eigenvalue weighted by atomic mass is 19.1. The van der Waals surface area contributed by atoms with Gasteiger partial charge >= 0.3 is 0 Å². The molecule has 3 nitrogen and oxygen atoms in total. The minimum atomic E-state index is -0.289. The van der Waals surface area contributed by atoms with Gasteiger partial charge in [0.05, 0.1) is 6.54 Å². The van der Waals surface area contributed by atoms with Crippen molar-refractivity contribution in [1.29, 1.82) is 0 Å². The minimum absolute atomic E-state index is 0.0294. The Morgan fingerprint density at radius 2 is 2.00 bits per heavy atom. The zero-order valence-electron chi connectivity index (χ0n) is 6.50. The van der Waals surface area contributed by atoms with E-state index in [0.717, 1.165) is 0 Å². The molecule has 0 radical (unpaired) electrons. The summed E-state index contributed by atoms with van der Waals surface area (Å²) in [7, 11) is 0. The number of hydrogen-bond acceptors (Lipinski definition) is 1. The average Bonchev–Trinajstić information content (AvgIpc) is 2.03. The molecular weight excluding hydrogens is 157 g/mol. The molecule has 1 aromatic rings. The molecule has 0 fully saturated rings. The molecule has 12 heavy (non-hydrogen) atoms. The molecule has 1 aromatic carbocycles. The zero-order valence-corrected chi connectivity index (χ0v) is 6.50. The molecule has 0 amide bonds. The first-order valence-corrected chi connectivity index (χ1v) is 3.49. The monoisotopic (exact) mass is 167 g/mol. The fourth-order valence-electron chi connectivity index (χ4n) is 0.803. The quantitative estimate of drug-likeness (QED) is 0.500. The highest BCUT2D eigenvalue weighted by molar-refractivity contribution is 5.75. The molecule has 0 spiro atoms. The van der Waals surface area contributed by atoms with Gasteiger partial charge in [0.2, 0.25) is 0 Å². The molecule has 4 N–H and O–H groups in total. The smallest absolute Gasteiger partial charge is 0.186 e. The number of rotatable bonds is 2. The SMILES string of the molecule is NC(N)=NCc1ccccc1F. The number of aliphatic imine (C=N–C) groups is 1. The molecule has 4 heteroatoms. The highest BCUT2D eigenvalue weighted by Crippen LogP contribution is 2.06. The molecule has 0 aliphatic heterocycles. The summed E-state index contributed by atoms with van der Waals surface area (Å²) in [5.41, 5.74) is 10.7. The standard InChI is InChI=1S/C8H10FN3/c9-7-4-2-1-3-6(7)5-12-8(10)11/h1-4H,5H2,(H4,10,11,12). The van der Waals surface area contributed by atoms with E-state index in [0.29, 0.717) is 5.56 Å². The van der Waals surface area contributed by atoms with Crippen molar-refractivity contribution < 1.29 is 4.39 Å². The van der Waals surface area contributed by atoms with Crippen LogP contribution in [-0.4, -0.2) is 5.96 Å². The summed E-state index contributed by atoms with van der Waals surface area (Å²) in [5.74, 6) is -0.319. The maximum atomic E-state index is 12.9. The Bertz CT molecular complexity index is 292. The Balaban J connectivity index is 2.76. The van der Waals surface area contributed by atoms with Crippen LogP contribution in [0.3, 0.4) is 0 Å². The lowest BCUT2D eigenvalue weighted by Crippen LogP contribution is -2.22. The second-order valence-corrected chi connectivity index (χ2v) is 2.33. The van der Waals surface area contributed by atoms with Gasteiger partial charge in [-0.25, -0.2) is 9.38 Å². The topological polar surface area (TPSA) is 64.4 Å². The van der Waals surface area contributed by atoms with Crippen molar-refractivity contribution in [3.8, 4) is 0 Å². The van der Waals surface area contributed by atoms with Gasteiger partial charge < -0.3 is 11.5 Å². The number of guanidine groups is 1. The van der Waals surface area contributed by atoms with Crippen molar-refractivity contribution in [2.75, 3.05) is 0 Å². The first kappa shape index (κ1) is 8.52. The van der Waals surface area contributed by atoms with Crippen molar-refractivity contribution in [2.45, 2.75) is 6.54 Å². The average molecular weight is 167 g/mol. The van der Waals surface area contributed by atoms with Crippen LogP contribution in [0.1, 0.15) is 5.56 Å². The van der Waals surface area contributed by atoms with E-state index in [1.165, 1.54) is 6.07 Å². The van der Waals surface area contributed by atoms with Crippen LogP contribution in [0.25, 0.3) is 0 Å². The molecule has 0 unspecified atom stereocenters. The van der Waals surface area contributed by atoms with Gasteiger partial charge in [-0.3, -0.25) is 0 Å². The van der Waals surface area contributed by atoms with Crippen LogP contribution in [0.4, 0.5) is 4.39 Å². The summed E-state index contributed by atoms with van der Waals surface area (Å²) in [6.45, 7) is 0.189. The minimum Gasteiger partial charge on any atom is -0.370 e. The van der Waals surface area contributed by atoms with E-state index in [2.05, 4.69) is 4.99 Å². The first-order chi connectivity index (χ1) is 5.70. The van der Waals surface area contributed by atoms with Gasteiger partial charge in [-0.1, -0.05) is 18.2 Å². The third kappa shape index (κ3) is 2.23. The maximum Gasteiger partial charge on any atom is 0.186 e. The summed E-state index contributed by atoms with van der Waals surface area (Å²) in [4.78, 5) is 3.69. The summed E-state index contributed by atoms with van der Waals surface area (Å²) in [5, 5.41) is 0. The number of nitrogens with zero attached hydrogens (tertiary/aromatic N) is 1. The fraction of sp³-hybridized carbons (Fsp3) is 0.125. The van der Waals surface area contributed by atoms with Crippen LogP contribution in [0.15, 0.2) is 29.3 Å². The molecule has 0 aliphatic rings. The van der Waals surface area contributed by atoms with Crippen molar-refractivity contribution in [3.05, 3.63) is 35.6 Å². The van der Waals surface area contributed by atoms with Crippen LogP contribution in [0.5, 0.6) is 0 Å². The third-order valence-electron chi connectivity index (χ3n) is 1.39. The summed E-state index contributed by atoms with van der Waals surface area (Å²) in [6.07, 6.45) is 0. The van der Waals surface area contributed by atoms with Crippen LogP contribution < -0.4 is 11.5 Å². The lowest BCUT2D eigenvalue weighted by atomic mass is 10.2. The Morgan fingerprint density at radius 1 is 1.33 bits per heavy atom. The number of benzene rings is 1. The van der Waals surface area contributed by atoms with Gasteiger partial charge in [0.15, 0.2) is 5.96 Å². The molecule has 0 aromatic heterocycles. The summed E-state index contributed by atoms with van der Waals surface area (Å²) >= 11 is 0. The largest absolute Gasteiger partial charge is 0.370 e. The van der Waals surface area contributed by atoms with Gasteiger partial charge in [-0.15, -0.1) is 0 Å². The van der Waals surface area contributed by atoms with Gasteiger partial charge in [0.1, 0.15) is 5.82 Å². The number of halogens is 1. The summed E-state index contributed by atoms with van der Waals surface area (Å²) in [6, 6.07) is 6.37. The highest BCUT2D eigenvalue weighted by Gasteiger charge is 1.97.